The molecule has 2 atom stereocenters. The van der Waals surface area contributed by atoms with Crippen LogP contribution >= 0.6 is 0 Å². The van der Waals surface area contributed by atoms with Crippen molar-refractivity contribution in [1.29, 1.82) is 0 Å². The standard InChI is InChI=1S/C20H26N2O2/c1-18-7-15-8-19(2,11-18)13-20(9-15,12-18)17(24)22-21-10-14-3-5-16(23)6-4-14/h3-6,10,15,23H,7-9,11-13H2,1-2H3,(H,22,24). The molecule has 2 unspecified atom stereocenters. The summed E-state index contributed by atoms with van der Waals surface area (Å²) < 4.78 is 0. The minimum atomic E-state index is -0.227. The van der Waals surface area contributed by atoms with Crippen LogP contribution < -0.4 is 5.43 Å². The Bertz CT molecular complexity index is 676. The zero-order valence-corrected chi connectivity index (χ0v) is 14.5. The maximum atomic E-state index is 13.0. The van der Waals surface area contributed by atoms with Gasteiger partial charge >= 0.3 is 0 Å². The summed E-state index contributed by atoms with van der Waals surface area (Å²) in [6, 6.07) is 6.78. The third kappa shape index (κ3) is 2.62. The quantitative estimate of drug-likeness (QED) is 0.655. The van der Waals surface area contributed by atoms with E-state index >= 15 is 0 Å². The number of carbonyl (C=O) groups is 1. The van der Waals surface area contributed by atoms with Gasteiger partial charge in [-0.1, -0.05) is 13.8 Å². The van der Waals surface area contributed by atoms with Crippen molar-refractivity contribution in [3.8, 4) is 5.75 Å². The van der Waals surface area contributed by atoms with Gasteiger partial charge in [-0.3, -0.25) is 4.79 Å². The third-order valence-corrected chi connectivity index (χ3v) is 6.38. The van der Waals surface area contributed by atoms with E-state index in [1.54, 1.807) is 30.5 Å². The molecule has 4 bridgehead atoms. The Morgan fingerprint density at radius 1 is 1.12 bits per heavy atom. The van der Waals surface area contributed by atoms with Crippen LogP contribution in [0.15, 0.2) is 29.4 Å². The molecule has 4 aliphatic carbocycles. The zero-order valence-electron chi connectivity index (χ0n) is 14.5. The van der Waals surface area contributed by atoms with E-state index in [9.17, 15) is 9.90 Å². The lowest BCUT2D eigenvalue weighted by Crippen LogP contribution is -2.59. The zero-order chi connectivity index (χ0) is 17.0. The molecule has 1 amide bonds. The molecule has 4 heteroatoms. The molecule has 4 nitrogen and oxygen atoms in total. The van der Waals surface area contributed by atoms with Crippen molar-refractivity contribution >= 4 is 12.1 Å². The Balaban J connectivity index is 1.49. The molecule has 4 aliphatic rings. The van der Waals surface area contributed by atoms with Crippen LogP contribution in [0, 0.1) is 22.2 Å². The summed E-state index contributed by atoms with van der Waals surface area (Å²) in [4.78, 5) is 13.0. The van der Waals surface area contributed by atoms with Gasteiger partial charge in [-0.25, -0.2) is 5.43 Å². The Kier molecular flexibility index (Phi) is 3.32. The van der Waals surface area contributed by atoms with Crippen LogP contribution in [-0.2, 0) is 4.79 Å². The Morgan fingerprint density at radius 2 is 1.75 bits per heavy atom. The van der Waals surface area contributed by atoms with Gasteiger partial charge in [0.1, 0.15) is 5.75 Å². The second kappa shape index (κ2) is 5.08. The van der Waals surface area contributed by atoms with Gasteiger partial charge in [-0.05, 0) is 85.1 Å². The van der Waals surface area contributed by atoms with Crippen LogP contribution in [0.2, 0.25) is 0 Å². The molecule has 0 aromatic heterocycles. The van der Waals surface area contributed by atoms with Crippen molar-refractivity contribution in [3.05, 3.63) is 29.8 Å². The number of aromatic hydroxyl groups is 1. The van der Waals surface area contributed by atoms with Crippen molar-refractivity contribution in [2.24, 2.45) is 27.3 Å². The van der Waals surface area contributed by atoms with E-state index in [1.165, 1.54) is 19.3 Å². The number of phenolic OH excluding ortho intramolecular Hbond substituents is 1. The summed E-state index contributed by atoms with van der Waals surface area (Å²) in [6.45, 7) is 4.74. The van der Waals surface area contributed by atoms with Gasteiger partial charge in [0.2, 0.25) is 5.91 Å². The highest BCUT2D eigenvalue weighted by molar-refractivity contribution is 5.86. The van der Waals surface area contributed by atoms with Crippen LogP contribution in [0.4, 0.5) is 0 Å². The molecule has 128 valence electrons. The predicted molar refractivity (Wildman–Crippen MR) is 93.7 cm³/mol. The normalized spacial score (nSPS) is 40.2. The molecule has 1 aromatic rings. The lowest BCUT2D eigenvalue weighted by atomic mass is 9.40. The number of rotatable bonds is 3. The smallest absolute Gasteiger partial charge is 0.246 e. The van der Waals surface area contributed by atoms with Crippen LogP contribution in [-0.4, -0.2) is 17.2 Å². The fourth-order valence-corrected chi connectivity index (χ4v) is 6.55. The van der Waals surface area contributed by atoms with Crippen LogP contribution in [0.25, 0.3) is 0 Å². The number of hydrogen-bond acceptors (Lipinski definition) is 3. The molecular formula is C20H26N2O2. The highest BCUT2D eigenvalue weighted by Crippen LogP contribution is 2.69. The van der Waals surface area contributed by atoms with Crippen molar-refractivity contribution in [2.45, 2.75) is 52.4 Å². The fourth-order valence-electron chi connectivity index (χ4n) is 6.55. The first-order valence-electron chi connectivity index (χ1n) is 8.93. The van der Waals surface area contributed by atoms with Gasteiger partial charge in [0.05, 0.1) is 11.6 Å². The number of amides is 1. The number of nitrogens with zero attached hydrogens (tertiary/aromatic N) is 1. The van der Waals surface area contributed by atoms with Crippen LogP contribution in [0.1, 0.15) is 57.9 Å². The topological polar surface area (TPSA) is 61.7 Å². The van der Waals surface area contributed by atoms with Crippen molar-refractivity contribution < 1.29 is 9.90 Å². The number of nitrogens with one attached hydrogen (secondary N) is 1. The molecule has 1 aromatic carbocycles. The molecule has 0 aliphatic heterocycles. The molecule has 0 radical (unpaired) electrons. The molecule has 0 spiro atoms. The number of benzene rings is 1. The van der Waals surface area contributed by atoms with E-state index in [0.29, 0.717) is 16.7 Å². The first-order valence-corrected chi connectivity index (χ1v) is 8.93. The first kappa shape index (κ1) is 15.7. The molecular weight excluding hydrogens is 300 g/mol. The van der Waals surface area contributed by atoms with Crippen molar-refractivity contribution in [1.82, 2.24) is 5.43 Å². The highest BCUT2D eigenvalue weighted by atomic mass is 16.3. The van der Waals surface area contributed by atoms with E-state index in [4.69, 9.17) is 0 Å². The summed E-state index contributed by atoms with van der Waals surface area (Å²) in [6.07, 6.45) is 8.52. The van der Waals surface area contributed by atoms with E-state index in [2.05, 4.69) is 24.4 Å². The molecule has 0 saturated heterocycles. The van der Waals surface area contributed by atoms with Gasteiger partial charge in [0, 0.05) is 0 Å². The maximum Gasteiger partial charge on any atom is 0.246 e. The lowest BCUT2D eigenvalue weighted by molar-refractivity contribution is -0.170. The summed E-state index contributed by atoms with van der Waals surface area (Å²) >= 11 is 0. The number of carbonyl (C=O) groups excluding carboxylic acids is 1. The monoisotopic (exact) mass is 326 g/mol. The van der Waals surface area contributed by atoms with E-state index in [0.717, 1.165) is 24.8 Å². The van der Waals surface area contributed by atoms with Gasteiger partial charge in [-0.2, -0.15) is 5.10 Å². The first-order chi connectivity index (χ1) is 11.3. The third-order valence-electron chi connectivity index (χ3n) is 6.38. The minimum absolute atomic E-state index is 0.0964. The highest BCUT2D eigenvalue weighted by Gasteiger charge is 2.62. The summed E-state index contributed by atoms with van der Waals surface area (Å²) in [5.74, 6) is 1.02. The number of phenols is 1. The summed E-state index contributed by atoms with van der Waals surface area (Å²) in [5.41, 5.74) is 4.09. The van der Waals surface area contributed by atoms with Gasteiger partial charge in [0.15, 0.2) is 0 Å². The van der Waals surface area contributed by atoms with E-state index in [-0.39, 0.29) is 17.1 Å². The van der Waals surface area contributed by atoms with Crippen LogP contribution in [0.3, 0.4) is 0 Å². The molecule has 2 N–H and O–H groups in total. The Hall–Kier alpha value is -1.84. The Labute approximate surface area is 143 Å². The second-order valence-corrected chi connectivity index (χ2v) is 9.20. The van der Waals surface area contributed by atoms with Gasteiger partial charge < -0.3 is 5.11 Å². The molecule has 5 rings (SSSR count). The van der Waals surface area contributed by atoms with E-state index in [1.807, 2.05) is 0 Å². The fraction of sp³-hybridized carbons (Fsp3) is 0.600. The van der Waals surface area contributed by atoms with Crippen molar-refractivity contribution in [3.63, 3.8) is 0 Å². The summed E-state index contributed by atoms with van der Waals surface area (Å²) in [7, 11) is 0. The minimum Gasteiger partial charge on any atom is -0.508 e. The van der Waals surface area contributed by atoms with Gasteiger partial charge in [0.25, 0.3) is 0 Å². The van der Waals surface area contributed by atoms with Gasteiger partial charge in [-0.15, -0.1) is 0 Å². The SMILES string of the molecule is CC12CC3CC(C)(C1)CC(C(=O)NN=Cc1ccc(O)cc1)(C3)C2. The largest absolute Gasteiger partial charge is 0.508 e. The average Bonchev–Trinajstić information content (AvgIpc) is 2.45. The molecule has 4 fully saturated rings. The summed E-state index contributed by atoms with van der Waals surface area (Å²) in [5, 5.41) is 13.5. The maximum absolute atomic E-state index is 13.0. The van der Waals surface area contributed by atoms with Crippen LogP contribution in [0.5, 0.6) is 5.75 Å². The average molecular weight is 326 g/mol. The van der Waals surface area contributed by atoms with E-state index < -0.39 is 0 Å². The second-order valence-electron chi connectivity index (χ2n) is 9.20. The molecule has 0 heterocycles. The van der Waals surface area contributed by atoms with Crippen molar-refractivity contribution in [2.75, 3.05) is 0 Å². The predicted octanol–water partition coefficient (Wildman–Crippen LogP) is 3.84. The Morgan fingerprint density at radius 3 is 2.33 bits per heavy atom. The number of hydrazone groups is 1. The lowest BCUT2D eigenvalue weighted by Gasteiger charge is -2.64. The molecule has 4 saturated carbocycles. The molecule has 24 heavy (non-hydrogen) atoms. The number of hydrogen-bond donors (Lipinski definition) is 2.